The Balaban J connectivity index is 2.04. The van der Waals surface area contributed by atoms with Gasteiger partial charge < -0.3 is 5.32 Å². The molecule has 1 fully saturated rings. The van der Waals surface area contributed by atoms with Crippen molar-refractivity contribution < 1.29 is 4.39 Å². The first-order valence-corrected chi connectivity index (χ1v) is 8.34. The Morgan fingerprint density at radius 3 is 2.65 bits per heavy atom. The van der Waals surface area contributed by atoms with E-state index >= 15 is 0 Å². The smallest absolute Gasteiger partial charge is 0.127 e. The number of halogens is 2. The van der Waals surface area contributed by atoms with Crippen LogP contribution in [-0.2, 0) is 6.42 Å². The van der Waals surface area contributed by atoms with Gasteiger partial charge >= 0.3 is 0 Å². The molecule has 1 saturated carbocycles. The normalized spacial score (nSPS) is 18.3. The topological polar surface area (TPSA) is 12.0 Å². The zero-order valence-electron chi connectivity index (χ0n) is 12.7. The minimum Gasteiger partial charge on any atom is -0.316 e. The zero-order chi connectivity index (χ0) is 14.8. The van der Waals surface area contributed by atoms with Crippen LogP contribution in [0.15, 0.2) is 22.7 Å². The minimum atomic E-state index is -0.0879. The van der Waals surface area contributed by atoms with Crippen LogP contribution in [0.3, 0.4) is 0 Å². The largest absolute Gasteiger partial charge is 0.316 e. The summed E-state index contributed by atoms with van der Waals surface area (Å²) in [5, 5.41) is 3.57. The van der Waals surface area contributed by atoms with Gasteiger partial charge in [-0.05, 0) is 60.8 Å². The van der Waals surface area contributed by atoms with Gasteiger partial charge in [-0.3, -0.25) is 0 Å². The van der Waals surface area contributed by atoms with E-state index in [0.717, 1.165) is 35.5 Å². The SMILES string of the molecule is CC(C)CNCC(C)(Cc1ccc(Br)cc1F)C1CC1. The fourth-order valence-corrected chi connectivity index (χ4v) is 3.21. The Hall–Kier alpha value is -0.410. The monoisotopic (exact) mass is 341 g/mol. The summed E-state index contributed by atoms with van der Waals surface area (Å²) in [7, 11) is 0. The number of benzene rings is 1. The lowest BCUT2D eigenvalue weighted by atomic mass is 9.78. The molecule has 1 aromatic rings. The van der Waals surface area contributed by atoms with E-state index in [4.69, 9.17) is 0 Å². The number of hydrogen-bond donors (Lipinski definition) is 1. The average Bonchev–Trinajstić information content (AvgIpc) is 3.17. The van der Waals surface area contributed by atoms with E-state index in [1.807, 2.05) is 12.1 Å². The van der Waals surface area contributed by atoms with Gasteiger partial charge in [0.05, 0.1) is 0 Å². The summed E-state index contributed by atoms with van der Waals surface area (Å²) in [6, 6.07) is 5.43. The Bertz CT molecular complexity index is 456. The van der Waals surface area contributed by atoms with Gasteiger partial charge in [-0.15, -0.1) is 0 Å². The summed E-state index contributed by atoms with van der Waals surface area (Å²) in [6.07, 6.45) is 3.40. The standard InChI is InChI=1S/C17H25BrFN/c1-12(2)10-20-11-17(3,14-5-6-14)9-13-4-7-15(18)8-16(13)19/h4,7-8,12,14,20H,5-6,9-11H2,1-3H3. The van der Waals surface area contributed by atoms with E-state index in [0.29, 0.717) is 5.92 Å². The zero-order valence-corrected chi connectivity index (χ0v) is 14.3. The minimum absolute atomic E-state index is 0.0879. The Labute approximate surface area is 130 Å². The van der Waals surface area contributed by atoms with Crippen LogP contribution in [0.5, 0.6) is 0 Å². The van der Waals surface area contributed by atoms with E-state index in [1.54, 1.807) is 6.07 Å². The maximum atomic E-state index is 14.1. The van der Waals surface area contributed by atoms with Gasteiger partial charge in [0.25, 0.3) is 0 Å². The molecule has 20 heavy (non-hydrogen) atoms. The molecule has 1 aliphatic carbocycles. The molecule has 1 atom stereocenters. The predicted molar refractivity (Wildman–Crippen MR) is 86.3 cm³/mol. The van der Waals surface area contributed by atoms with Crippen LogP contribution >= 0.6 is 15.9 Å². The van der Waals surface area contributed by atoms with Crippen LogP contribution in [0.2, 0.25) is 0 Å². The first-order chi connectivity index (χ1) is 9.40. The van der Waals surface area contributed by atoms with Crippen molar-refractivity contribution in [2.75, 3.05) is 13.1 Å². The molecule has 0 radical (unpaired) electrons. The third kappa shape index (κ3) is 4.29. The molecule has 3 heteroatoms. The number of rotatable bonds is 7. The van der Waals surface area contributed by atoms with Crippen LogP contribution in [0.1, 0.15) is 39.2 Å². The second-order valence-electron chi connectivity index (χ2n) is 6.87. The first kappa shape index (κ1) is 16.0. The molecule has 112 valence electrons. The predicted octanol–water partition coefficient (Wildman–Crippen LogP) is 4.79. The average molecular weight is 342 g/mol. The number of hydrogen-bond acceptors (Lipinski definition) is 1. The van der Waals surface area contributed by atoms with Crippen molar-refractivity contribution in [1.82, 2.24) is 5.32 Å². The third-order valence-corrected chi connectivity index (χ3v) is 4.75. The molecule has 1 N–H and O–H groups in total. The molecule has 0 bridgehead atoms. The highest BCUT2D eigenvalue weighted by Gasteiger charge is 2.41. The van der Waals surface area contributed by atoms with Crippen LogP contribution in [0, 0.1) is 23.1 Å². The molecule has 0 aromatic heterocycles. The summed E-state index contributed by atoms with van der Waals surface area (Å²) < 4.78 is 14.9. The van der Waals surface area contributed by atoms with Crippen molar-refractivity contribution in [1.29, 1.82) is 0 Å². The van der Waals surface area contributed by atoms with Gasteiger partial charge in [0.1, 0.15) is 5.82 Å². The molecule has 1 aromatic carbocycles. The van der Waals surface area contributed by atoms with Crippen LogP contribution in [0.4, 0.5) is 4.39 Å². The summed E-state index contributed by atoms with van der Waals surface area (Å²) >= 11 is 3.32. The van der Waals surface area contributed by atoms with Crippen molar-refractivity contribution in [2.24, 2.45) is 17.3 Å². The fraction of sp³-hybridized carbons (Fsp3) is 0.647. The Kier molecular flexibility index (Phi) is 5.25. The molecular formula is C17H25BrFN. The van der Waals surface area contributed by atoms with Gasteiger partial charge in [-0.1, -0.05) is 42.8 Å². The molecule has 0 heterocycles. The molecule has 1 aliphatic rings. The third-order valence-electron chi connectivity index (χ3n) is 4.25. The summed E-state index contributed by atoms with van der Waals surface area (Å²) in [6.45, 7) is 8.75. The van der Waals surface area contributed by atoms with E-state index in [1.165, 1.54) is 12.8 Å². The maximum absolute atomic E-state index is 14.1. The van der Waals surface area contributed by atoms with Crippen LogP contribution in [0.25, 0.3) is 0 Å². The summed E-state index contributed by atoms with van der Waals surface area (Å²) in [4.78, 5) is 0. The van der Waals surface area contributed by atoms with Crippen molar-refractivity contribution >= 4 is 15.9 Å². The Morgan fingerprint density at radius 1 is 1.40 bits per heavy atom. The van der Waals surface area contributed by atoms with Gasteiger partial charge in [-0.25, -0.2) is 4.39 Å². The van der Waals surface area contributed by atoms with Crippen molar-refractivity contribution in [2.45, 2.75) is 40.0 Å². The van der Waals surface area contributed by atoms with E-state index in [2.05, 4.69) is 42.0 Å². The van der Waals surface area contributed by atoms with Gasteiger partial charge in [0.2, 0.25) is 0 Å². The second kappa shape index (κ2) is 6.57. The molecule has 1 unspecified atom stereocenters. The highest BCUT2D eigenvalue weighted by atomic mass is 79.9. The second-order valence-corrected chi connectivity index (χ2v) is 7.78. The van der Waals surface area contributed by atoms with Gasteiger partial charge in [-0.2, -0.15) is 0 Å². The highest BCUT2D eigenvalue weighted by molar-refractivity contribution is 9.10. The fourth-order valence-electron chi connectivity index (χ4n) is 2.88. The summed E-state index contributed by atoms with van der Waals surface area (Å²) in [5.41, 5.74) is 1.01. The summed E-state index contributed by atoms with van der Waals surface area (Å²) in [5.74, 6) is 1.31. The molecule has 0 saturated heterocycles. The van der Waals surface area contributed by atoms with Gasteiger partial charge in [0.15, 0.2) is 0 Å². The lowest BCUT2D eigenvalue weighted by Crippen LogP contribution is -2.37. The lowest BCUT2D eigenvalue weighted by Gasteiger charge is -2.31. The van der Waals surface area contributed by atoms with Crippen molar-refractivity contribution in [3.8, 4) is 0 Å². The molecule has 0 spiro atoms. The highest BCUT2D eigenvalue weighted by Crippen LogP contribution is 2.47. The van der Waals surface area contributed by atoms with E-state index < -0.39 is 0 Å². The first-order valence-electron chi connectivity index (χ1n) is 7.55. The molecule has 1 nitrogen and oxygen atoms in total. The van der Waals surface area contributed by atoms with E-state index in [-0.39, 0.29) is 11.2 Å². The molecular weight excluding hydrogens is 317 g/mol. The van der Waals surface area contributed by atoms with Crippen LogP contribution in [-0.4, -0.2) is 13.1 Å². The maximum Gasteiger partial charge on any atom is 0.127 e. The quantitative estimate of drug-likeness (QED) is 0.751. The lowest BCUT2D eigenvalue weighted by molar-refractivity contribution is 0.249. The number of nitrogens with one attached hydrogen (secondary N) is 1. The van der Waals surface area contributed by atoms with Crippen LogP contribution < -0.4 is 5.32 Å². The molecule has 0 amide bonds. The Morgan fingerprint density at radius 2 is 2.10 bits per heavy atom. The van der Waals surface area contributed by atoms with E-state index in [9.17, 15) is 4.39 Å². The van der Waals surface area contributed by atoms with Crippen molar-refractivity contribution in [3.05, 3.63) is 34.1 Å². The molecule has 0 aliphatic heterocycles. The van der Waals surface area contributed by atoms with Gasteiger partial charge in [0, 0.05) is 11.0 Å². The van der Waals surface area contributed by atoms with Crippen molar-refractivity contribution in [3.63, 3.8) is 0 Å². The molecule has 2 rings (SSSR count).